The first-order chi connectivity index (χ1) is 16.8. The minimum Gasteiger partial charge on any atom is -0.436 e. The summed E-state index contributed by atoms with van der Waals surface area (Å²) in [5, 5.41) is 5.79. The molecule has 0 aliphatic heterocycles. The topological polar surface area (TPSA) is 43.9 Å². The van der Waals surface area contributed by atoms with Crippen molar-refractivity contribution in [2.45, 2.75) is 0 Å². The summed E-state index contributed by atoms with van der Waals surface area (Å²) in [6.45, 7) is 0. The number of benzene rings is 5. The number of fused-ring (bicyclic) bond motifs is 9. The van der Waals surface area contributed by atoms with Gasteiger partial charge < -0.3 is 8.98 Å². The van der Waals surface area contributed by atoms with E-state index in [0.29, 0.717) is 5.71 Å². The highest BCUT2D eigenvalue weighted by Crippen LogP contribution is 2.36. The van der Waals surface area contributed by atoms with E-state index < -0.39 is 0 Å². The fourth-order valence-corrected chi connectivity index (χ4v) is 5.29. The Kier molecular flexibility index (Phi) is 3.36. The van der Waals surface area contributed by atoms with Gasteiger partial charge in [0.1, 0.15) is 11.1 Å². The second-order valence-electron chi connectivity index (χ2n) is 8.68. The molecule has 0 spiro atoms. The molecular formula is C30H17N3O. The van der Waals surface area contributed by atoms with Crippen molar-refractivity contribution in [2.24, 2.45) is 0 Å². The summed E-state index contributed by atoms with van der Waals surface area (Å²) in [5.74, 6) is 0. The highest BCUT2D eigenvalue weighted by molar-refractivity contribution is 6.18. The summed E-state index contributed by atoms with van der Waals surface area (Å²) in [6.07, 6.45) is 0. The number of hydrogen-bond donors (Lipinski definition) is 0. The van der Waals surface area contributed by atoms with Crippen LogP contribution >= 0.6 is 0 Å². The Morgan fingerprint density at radius 1 is 0.588 bits per heavy atom. The van der Waals surface area contributed by atoms with Crippen LogP contribution in [0.3, 0.4) is 0 Å². The first-order valence-electron chi connectivity index (χ1n) is 11.4. The lowest BCUT2D eigenvalue weighted by atomic mass is 10.0. The average Bonchev–Trinajstić information content (AvgIpc) is 3.42. The highest BCUT2D eigenvalue weighted by atomic mass is 16.3. The Morgan fingerprint density at radius 3 is 2.03 bits per heavy atom. The molecule has 0 saturated carbocycles. The summed E-state index contributed by atoms with van der Waals surface area (Å²) in [5.41, 5.74) is 7.45. The van der Waals surface area contributed by atoms with Crippen LogP contribution in [0, 0.1) is 0 Å². The van der Waals surface area contributed by atoms with Crippen LogP contribution in [0.4, 0.5) is 0 Å². The van der Waals surface area contributed by atoms with E-state index in [1.807, 2.05) is 30.3 Å². The van der Waals surface area contributed by atoms with Gasteiger partial charge in [-0.25, -0.2) is 9.97 Å². The zero-order valence-electron chi connectivity index (χ0n) is 18.1. The minimum atomic E-state index is 0.577. The summed E-state index contributed by atoms with van der Waals surface area (Å²) >= 11 is 0. The minimum absolute atomic E-state index is 0.577. The van der Waals surface area contributed by atoms with Crippen molar-refractivity contribution in [1.29, 1.82) is 0 Å². The van der Waals surface area contributed by atoms with Gasteiger partial charge in [0, 0.05) is 16.5 Å². The predicted octanol–water partition coefficient (Wildman–Crippen LogP) is 7.78. The van der Waals surface area contributed by atoms with E-state index in [-0.39, 0.29) is 0 Å². The quantitative estimate of drug-likeness (QED) is 0.264. The molecule has 3 aromatic heterocycles. The van der Waals surface area contributed by atoms with Crippen molar-refractivity contribution >= 4 is 65.8 Å². The number of furan rings is 1. The number of aromatic nitrogens is 3. The largest absolute Gasteiger partial charge is 0.436 e. The van der Waals surface area contributed by atoms with Gasteiger partial charge in [-0.05, 0) is 53.2 Å². The molecule has 0 unspecified atom stereocenters. The average molecular weight is 435 g/mol. The lowest BCUT2D eigenvalue weighted by Crippen LogP contribution is -1.93. The third kappa shape index (κ3) is 2.32. The van der Waals surface area contributed by atoms with Crippen molar-refractivity contribution in [1.82, 2.24) is 14.5 Å². The Balaban J connectivity index is 1.44. The first kappa shape index (κ1) is 17.8. The van der Waals surface area contributed by atoms with Crippen molar-refractivity contribution in [3.05, 3.63) is 103 Å². The zero-order chi connectivity index (χ0) is 22.2. The van der Waals surface area contributed by atoms with Gasteiger partial charge in [-0.3, -0.25) is 0 Å². The molecule has 3 heterocycles. The van der Waals surface area contributed by atoms with Crippen LogP contribution in [-0.2, 0) is 0 Å². The normalized spacial score (nSPS) is 12.1. The molecule has 0 saturated heterocycles. The van der Waals surface area contributed by atoms with Gasteiger partial charge in [-0.1, -0.05) is 60.7 Å². The van der Waals surface area contributed by atoms with Crippen LogP contribution < -0.4 is 0 Å². The summed E-state index contributed by atoms with van der Waals surface area (Å²) in [4.78, 5) is 9.62. The van der Waals surface area contributed by atoms with E-state index in [4.69, 9.17) is 14.4 Å². The van der Waals surface area contributed by atoms with E-state index in [2.05, 4.69) is 77.4 Å². The smallest absolute Gasteiger partial charge is 0.246 e. The molecular weight excluding hydrogens is 418 g/mol. The molecule has 8 rings (SSSR count). The van der Waals surface area contributed by atoms with E-state index in [1.165, 1.54) is 21.8 Å². The maximum Gasteiger partial charge on any atom is 0.246 e. The molecule has 34 heavy (non-hydrogen) atoms. The molecule has 158 valence electrons. The molecule has 0 amide bonds. The predicted molar refractivity (Wildman–Crippen MR) is 139 cm³/mol. The van der Waals surface area contributed by atoms with Gasteiger partial charge in [-0.15, -0.1) is 0 Å². The molecule has 0 aliphatic carbocycles. The molecule has 0 atom stereocenters. The van der Waals surface area contributed by atoms with Gasteiger partial charge in [0.15, 0.2) is 0 Å². The fourth-order valence-electron chi connectivity index (χ4n) is 5.29. The van der Waals surface area contributed by atoms with Gasteiger partial charge in [0.25, 0.3) is 0 Å². The lowest BCUT2D eigenvalue weighted by Gasteiger charge is -2.09. The second-order valence-corrected chi connectivity index (χ2v) is 8.68. The molecule has 5 aromatic carbocycles. The Labute approximate surface area is 193 Å². The first-order valence-corrected chi connectivity index (χ1v) is 11.4. The van der Waals surface area contributed by atoms with Crippen LogP contribution in [0.1, 0.15) is 0 Å². The maximum absolute atomic E-state index is 6.11. The number of rotatable bonds is 1. The molecule has 0 aliphatic rings. The van der Waals surface area contributed by atoms with Crippen molar-refractivity contribution in [3.8, 4) is 5.69 Å². The van der Waals surface area contributed by atoms with Crippen molar-refractivity contribution in [2.75, 3.05) is 0 Å². The third-order valence-corrected chi connectivity index (χ3v) is 6.79. The SMILES string of the molecule is c1ccc2nc3c(nc2c1)oc1ccc2cc(-n4c5ccccc5c5ccccc54)ccc2c13. The monoisotopic (exact) mass is 435 g/mol. The summed E-state index contributed by atoms with van der Waals surface area (Å²) in [6, 6.07) is 35.9. The maximum atomic E-state index is 6.11. The highest BCUT2D eigenvalue weighted by Gasteiger charge is 2.16. The van der Waals surface area contributed by atoms with Crippen LogP contribution in [0.2, 0.25) is 0 Å². The van der Waals surface area contributed by atoms with Crippen LogP contribution in [0.5, 0.6) is 0 Å². The van der Waals surface area contributed by atoms with E-state index in [1.54, 1.807) is 0 Å². The molecule has 4 nitrogen and oxygen atoms in total. The molecule has 0 N–H and O–H groups in total. The Morgan fingerprint density at radius 2 is 1.26 bits per heavy atom. The number of nitrogens with zero attached hydrogens (tertiary/aromatic N) is 3. The Bertz CT molecular complexity index is 2030. The second kappa shape index (κ2) is 6.42. The van der Waals surface area contributed by atoms with Gasteiger partial charge in [0.2, 0.25) is 5.71 Å². The number of hydrogen-bond acceptors (Lipinski definition) is 3. The molecule has 8 aromatic rings. The van der Waals surface area contributed by atoms with Crippen LogP contribution in [0.15, 0.2) is 108 Å². The molecule has 4 heteroatoms. The van der Waals surface area contributed by atoms with E-state index >= 15 is 0 Å². The lowest BCUT2D eigenvalue weighted by molar-refractivity contribution is 0.655. The van der Waals surface area contributed by atoms with E-state index in [0.717, 1.165) is 44.0 Å². The molecule has 0 radical (unpaired) electrons. The van der Waals surface area contributed by atoms with Crippen LogP contribution in [0.25, 0.3) is 71.5 Å². The standard InChI is InChI=1S/C30H17N3O/c1-5-11-25-21(7-1)22-8-2-6-12-26(22)33(25)19-14-15-20-18(17-19)13-16-27-28(20)29-30(34-27)32-24-10-4-3-9-23(24)31-29/h1-17H. The number of para-hydroxylation sites is 4. The summed E-state index contributed by atoms with van der Waals surface area (Å²) < 4.78 is 8.45. The van der Waals surface area contributed by atoms with Crippen molar-refractivity contribution < 1.29 is 4.42 Å². The molecule has 0 bridgehead atoms. The van der Waals surface area contributed by atoms with Crippen molar-refractivity contribution in [3.63, 3.8) is 0 Å². The van der Waals surface area contributed by atoms with Gasteiger partial charge in [-0.2, -0.15) is 0 Å². The molecule has 0 fully saturated rings. The fraction of sp³-hybridized carbons (Fsp3) is 0. The third-order valence-electron chi connectivity index (χ3n) is 6.79. The van der Waals surface area contributed by atoms with Crippen LogP contribution in [-0.4, -0.2) is 14.5 Å². The Hall–Kier alpha value is -4.70. The van der Waals surface area contributed by atoms with E-state index in [9.17, 15) is 0 Å². The van der Waals surface area contributed by atoms with Gasteiger partial charge >= 0.3 is 0 Å². The summed E-state index contributed by atoms with van der Waals surface area (Å²) in [7, 11) is 0. The van der Waals surface area contributed by atoms with Gasteiger partial charge in [0.05, 0.1) is 27.5 Å². The zero-order valence-corrected chi connectivity index (χ0v) is 18.1.